The van der Waals surface area contributed by atoms with Crippen LogP contribution in [0.5, 0.6) is 0 Å². The number of halogens is 3. The molecule has 2 unspecified atom stereocenters. The van der Waals surface area contributed by atoms with Crippen molar-refractivity contribution in [2.24, 2.45) is 11.3 Å². The van der Waals surface area contributed by atoms with Gasteiger partial charge in [-0.1, -0.05) is 60.8 Å². The van der Waals surface area contributed by atoms with Gasteiger partial charge in [0, 0.05) is 11.5 Å². The second-order valence-electron chi connectivity index (χ2n) is 8.76. The fourth-order valence-corrected chi connectivity index (χ4v) is 4.06. The molecule has 146 valence electrons. The molecule has 0 saturated heterocycles. The first kappa shape index (κ1) is 23.8. The minimum absolute atomic E-state index is 0. The van der Waals surface area contributed by atoms with E-state index in [-0.39, 0.29) is 17.0 Å². The molecular formula is C22H32BrCl2N. The topological polar surface area (TPSA) is 0 Å². The van der Waals surface area contributed by atoms with Gasteiger partial charge in [-0.2, -0.15) is 0 Å². The van der Waals surface area contributed by atoms with Crippen molar-refractivity contribution >= 4 is 23.2 Å². The number of allylic oxidation sites excluding steroid dienone is 3. The number of hydrogen-bond donors (Lipinski definition) is 0. The summed E-state index contributed by atoms with van der Waals surface area (Å²) in [5.41, 5.74) is 3.07. The van der Waals surface area contributed by atoms with Crippen LogP contribution in [0.2, 0.25) is 10.0 Å². The van der Waals surface area contributed by atoms with Gasteiger partial charge in [-0.15, -0.1) is 0 Å². The van der Waals surface area contributed by atoms with Crippen LogP contribution < -0.4 is 17.0 Å². The van der Waals surface area contributed by atoms with E-state index in [0.29, 0.717) is 27.4 Å². The lowest BCUT2D eigenvalue weighted by Gasteiger charge is -2.38. The Balaban J connectivity index is 0.00000338. The molecular weight excluding hydrogens is 429 g/mol. The molecule has 1 aliphatic rings. The quantitative estimate of drug-likeness (QED) is 0.461. The molecule has 1 aromatic carbocycles. The summed E-state index contributed by atoms with van der Waals surface area (Å²) >= 11 is 12.2. The summed E-state index contributed by atoms with van der Waals surface area (Å²) in [6.07, 6.45) is 9.70. The van der Waals surface area contributed by atoms with Gasteiger partial charge in [-0.05, 0) is 50.3 Å². The lowest BCUT2D eigenvalue weighted by molar-refractivity contribution is -0.919. The van der Waals surface area contributed by atoms with E-state index >= 15 is 0 Å². The zero-order chi connectivity index (χ0) is 18.8. The molecule has 0 amide bonds. The summed E-state index contributed by atoms with van der Waals surface area (Å²) in [6, 6.07) is 6.36. The van der Waals surface area contributed by atoms with Gasteiger partial charge in [0.2, 0.25) is 0 Å². The van der Waals surface area contributed by atoms with Crippen molar-refractivity contribution in [2.45, 2.75) is 53.1 Å². The van der Waals surface area contributed by atoms with Crippen LogP contribution in [0.1, 0.15) is 46.1 Å². The standard InChI is InChI=1S/C22H32Cl2N.BrH/c1-16-8-7-13-22(3,4)19(16)11-9-17(2)25(5,6)15-18-10-12-20(23)21(24)14-18;/h8-12,14,17,19H,7,13,15H2,1-6H3;1H/q+1;/p-1/b11-9+;. The summed E-state index contributed by atoms with van der Waals surface area (Å²) in [5, 5.41) is 1.25. The summed E-state index contributed by atoms with van der Waals surface area (Å²) in [5.74, 6) is 0.536. The van der Waals surface area contributed by atoms with Crippen LogP contribution >= 0.6 is 23.2 Å². The third-order valence-corrected chi connectivity index (χ3v) is 6.59. The Bertz CT molecular complexity index is 677. The molecule has 1 aromatic rings. The summed E-state index contributed by atoms with van der Waals surface area (Å²) in [7, 11) is 4.54. The molecule has 0 spiro atoms. The molecule has 2 atom stereocenters. The molecule has 0 heterocycles. The number of benzene rings is 1. The smallest absolute Gasteiger partial charge is 0.105 e. The average Bonchev–Trinajstić information content (AvgIpc) is 2.49. The van der Waals surface area contributed by atoms with E-state index in [0.717, 1.165) is 11.0 Å². The average molecular weight is 461 g/mol. The second-order valence-corrected chi connectivity index (χ2v) is 9.58. The summed E-state index contributed by atoms with van der Waals surface area (Å²) in [6.45, 7) is 10.3. The first-order valence-corrected chi connectivity index (χ1v) is 9.90. The van der Waals surface area contributed by atoms with E-state index in [4.69, 9.17) is 23.2 Å². The first-order valence-electron chi connectivity index (χ1n) is 9.14. The van der Waals surface area contributed by atoms with Crippen LogP contribution in [0.3, 0.4) is 0 Å². The van der Waals surface area contributed by atoms with Gasteiger partial charge in [0.15, 0.2) is 0 Å². The Labute approximate surface area is 180 Å². The number of nitrogens with zero attached hydrogens (tertiary/aromatic N) is 1. The highest BCUT2D eigenvalue weighted by Gasteiger charge is 2.31. The Morgan fingerprint density at radius 3 is 2.46 bits per heavy atom. The van der Waals surface area contributed by atoms with Crippen LogP contribution in [0, 0.1) is 11.3 Å². The molecule has 0 fully saturated rings. The van der Waals surface area contributed by atoms with Crippen molar-refractivity contribution in [1.82, 2.24) is 0 Å². The Hall–Kier alpha value is -0.280. The fraction of sp³-hybridized carbons (Fsp3) is 0.545. The third-order valence-electron chi connectivity index (χ3n) is 5.85. The molecule has 1 nitrogen and oxygen atoms in total. The van der Waals surface area contributed by atoms with Crippen molar-refractivity contribution in [3.05, 3.63) is 57.6 Å². The first-order chi connectivity index (χ1) is 11.5. The van der Waals surface area contributed by atoms with E-state index in [1.54, 1.807) is 0 Å². The predicted octanol–water partition coefficient (Wildman–Crippen LogP) is 3.90. The van der Waals surface area contributed by atoms with Crippen LogP contribution in [0.15, 0.2) is 42.0 Å². The van der Waals surface area contributed by atoms with E-state index in [1.165, 1.54) is 24.0 Å². The Morgan fingerprint density at radius 2 is 1.88 bits per heavy atom. The molecule has 0 radical (unpaired) electrons. The molecule has 4 heteroatoms. The van der Waals surface area contributed by atoms with Crippen LogP contribution in [-0.2, 0) is 6.54 Å². The van der Waals surface area contributed by atoms with Crippen LogP contribution in [-0.4, -0.2) is 24.6 Å². The van der Waals surface area contributed by atoms with Gasteiger partial charge in [0.1, 0.15) is 12.6 Å². The van der Waals surface area contributed by atoms with Crippen molar-refractivity contribution in [1.29, 1.82) is 0 Å². The minimum Gasteiger partial charge on any atom is -1.00 e. The monoisotopic (exact) mass is 459 g/mol. The molecule has 0 aromatic heterocycles. The van der Waals surface area contributed by atoms with Gasteiger partial charge >= 0.3 is 0 Å². The van der Waals surface area contributed by atoms with Crippen molar-refractivity contribution in [2.75, 3.05) is 14.1 Å². The van der Waals surface area contributed by atoms with Crippen molar-refractivity contribution in [3.8, 4) is 0 Å². The number of hydrogen-bond acceptors (Lipinski definition) is 0. The lowest BCUT2D eigenvalue weighted by Crippen LogP contribution is -3.00. The SMILES string of the molecule is CC1=CCCC(C)(C)C1/C=C/C(C)[N+](C)(C)Cc1ccc(Cl)c(Cl)c1.[Br-]. The molecule has 0 aliphatic heterocycles. The highest BCUT2D eigenvalue weighted by Crippen LogP contribution is 2.41. The lowest BCUT2D eigenvalue weighted by atomic mass is 9.68. The summed E-state index contributed by atoms with van der Waals surface area (Å²) < 4.78 is 0.879. The van der Waals surface area contributed by atoms with E-state index < -0.39 is 0 Å². The van der Waals surface area contributed by atoms with E-state index in [9.17, 15) is 0 Å². The largest absolute Gasteiger partial charge is 1.00 e. The van der Waals surface area contributed by atoms with Gasteiger partial charge in [0.25, 0.3) is 0 Å². The maximum Gasteiger partial charge on any atom is 0.105 e. The molecule has 2 rings (SSSR count). The van der Waals surface area contributed by atoms with Gasteiger partial charge in [0.05, 0.1) is 24.1 Å². The molecule has 0 saturated carbocycles. The van der Waals surface area contributed by atoms with Gasteiger partial charge in [-0.25, -0.2) is 0 Å². The highest BCUT2D eigenvalue weighted by atomic mass is 79.9. The van der Waals surface area contributed by atoms with E-state index in [2.05, 4.69) is 66.1 Å². The number of likely N-dealkylation sites (N-methyl/N-ethyl adjacent to an activating group) is 1. The maximum absolute atomic E-state index is 6.17. The third kappa shape index (κ3) is 5.86. The normalized spacial score (nSPS) is 21.2. The zero-order valence-electron chi connectivity index (χ0n) is 16.8. The Morgan fingerprint density at radius 1 is 1.23 bits per heavy atom. The molecule has 26 heavy (non-hydrogen) atoms. The maximum atomic E-state index is 6.17. The molecule has 1 aliphatic carbocycles. The predicted molar refractivity (Wildman–Crippen MR) is 111 cm³/mol. The second kappa shape index (κ2) is 9.28. The number of rotatable bonds is 5. The fourth-order valence-electron chi connectivity index (χ4n) is 3.74. The van der Waals surface area contributed by atoms with Crippen LogP contribution in [0.25, 0.3) is 0 Å². The van der Waals surface area contributed by atoms with Gasteiger partial charge in [-0.3, -0.25) is 0 Å². The zero-order valence-corrected chi connectivity index (χ0v) is 19.9. The van der Waals surface area contributed by atoms with Crippen molar-refractivity contribution < 1.29 is 21.5 Å². The van der Waals surface area contributed by atoms with Crippen LogP contribution in [0.4, 0.5) is 0 Å². The summed E-state index contributed by atoms with van der Waals surface area (Å²) in [4.78, 5) is 0. The van der Waals surface area contributed by atoms with E-state index in [1.807, 2.05) is 12.1 Å². The number of quaternary nitrogens is 1. The highest BCUT2D eigenvalue weighted by molar-refractivity contribution is 6.42. The van der Waals surface area contributed by atoms with Gasteiger partial charge < -0.3 is 21.5 Å². The molecule has 0 N–H and O–H groups in total. The minimum atomic E-state index is 0. The Kier molecular flexibility index (Phi) is 8.48. The molecule has 0 bridgehead atoms. The van der Waals surface area contributed by atoms with Crippen molar-refractivity contribution in [3.63, 3.8) is 0 Å².